The predicted octanol–water partition coefficient (Wildman–Crippen LogP) is 3.27. The smallest absolute Gasteiger partial charge is 0.223 e. The molecule has 0 aromatic carbocycles. The lowest BCUT2D eigenvalue weighted by Crippen LogP contribution is -2.39. The zero-order chi connectivity index (χ0) is 17.2. The number of piperidine rings is 1. The first kappa shape index (κ1) is 16.6. The van der Waals surface area contributed by atoms with E-state index in [1.165, 1.54) is 12.8 Å². The van der Waals surface area contributed by atoms with Gasteiger partial charge in [0, 0.05) is 56.9 Å². The molecule has 1 saturated heterocycles. The van der Waals surface area contributed by atoms with Gasteiger partial charge >= 0.3 is 0 Å². The molecule has 1 saturated carbocycles. The molecule has 6 nitrogen and oxygen atoms in total. The standard InChI is InChI=1S/C18H23ClN4O2/c19-16-10-15(25-21-16)5-6-17(24)22-8-1-2-14(12-22)18-20-7-9-23(18)11-13-3-4-13/h7,9-10,13-14H,1-6,8,11-12H2. The molecule has 1 atom stereocenters. The predicted molar refractivity (Wildman–Crippen MR) is 93.3 cm³/mol. The Hall–Kier alpha value is -1.82. The van der Waals surface area contributed by atoms with Crippen LogP contribution >= 0.6 is 11.6 Å². The average Bonchev–Trinajstić information content (AvgIpc) is 3.14. The van der Waals surface area contributed by atoms with E-state index in [9.17, 15) is 4.79 Å². The number of halogens is 1. The summed E-state index contributed by atoms with van der Waals surface area (Å²) in [6, 6.07) is 1.67. The van der Waals surface area contributed by atoms with Gasteiger partial charge in [0.25, 0.3) is 0 Å². The Morgan fingerprint density at radius 3 is 3.00 bits per heavy atom. The highest BCUT2D eigenvalue weighted by Crippen LogP contribution is 2.33. The van der Waals surface area contributed by atoms with Crippen LogP contribution in [0.4, 0.5) is 0 Å². The van der Waals surface area contributed by atoms with E-state index in [1.54, 1.807) is 6.07 Å². The maximum atomic E-state index is 12.6. The first-order valence-electron chi connectivity index (χ1n) is 9.09. The first-order valence-corrected chi connectivity index (χ1v) is 9.46. The molecule has 1 unspecified atom stereocenters. The highest BCUT2D eigenvalue weighted by molar-refractivity contribution is 6.29. The number of nitrogens with zero attached hydrogens (tertiary/aromatic N) is 4. The molecule has 2 aromatic heterocycles. The Labute approximate surface area is 152 Å². The van der Waals surface area contributed by atoms with Crippen LogP contribution < -0.4 is 0 Å². The fraction of sp³-hybridized carbons (Fsp3) is 0.611. The zero-order valence-corrected chi connectivity index (χ0v) is 15.0. The highest BCUT2D eigenvalue weighted by Gasteiger charge is 2.29. The Bertz CT molecular complexity index is 737. The summed E-state index contributed by atoms with van der Waals surface area (Å²) in [5.74, 6) is 3.13. The third-order valence-electron chi connectivity index (χ3n) is 5.15. The minimum absolute atomic E-state index is 0.164. The third-order valence-corrected chi connectivity index (χ3v) is 5.33. The summed E-state index contributed by atoms with van der Waals surface area (Å²) in [4.78, 5) is 19.1. The lowest BCUT2D eigenvalue weighted by atomic mass is 9.96. The summed E-state index contributed by atoms with van der Waals surface area (Å²) in [7, 11) is 0. The lowest BCUT2D eigenvalue weighted by molar-refractivity contribution is -0.132. The van der Waals surface area contributed by atoms with E-state index >= 15 is 0 Å². The van der Waals surface area contributed by atoms with Crippen LogP contribution in [0.25, 0.3) is 0 Å². The van der Waals surface area contributed by atoms with Crippen molar-refractivity contribution in [1.29, 1.82) is 0 Å². The molecule has 25 heavy (non-hydrogen) atoms. The Morgan fingerprint density at radius 1 is 1.36 bits per heavy atom. The summed E-state index contributed by atoms with van der Waals surface area (Å²) in [6.07, 6.45) is 9.74. The maximum Gasteiger partial charge on any atom is 0.223 e. The molecular weight excluding hydrogens is 340 g/mol. The average molecular weight is 363 g/mol. The van der Waals surface area contributed by atoms with Crippen molar-refractivity contribution in [2.45, 2.75) is 51.0 Å². The normalized spacial score (nSPS) is 20.8. The van der Waals surface area contributed by atoms with E-state index in [0.29, 0.717) is 29.7 Å². The van der Waals surface area contributed by atoms with Crippen LogP contribution in [0.5, 0.6) is 0 Å². The second-order valence-electron chi connectivity index (χ2n) is 7.18. The molecule has 2 aliphatic rings. The van der Waals surface area contributed by atoms with Gasteiger partial charge < -0.3 is 14.0 Å². The molecule has 0 radical (unpaired) electrons. The van der Waals surface area contributed by atoms with Gasteiger partial charge in [0.2, 0.25) is 5.91 Å². The first-order chi connectivity index (χ1) is 12.2. The molecule has 1 aliphatic carbocycles. The van der Waals surface area contributed by atoms with Crippen molar-refractivity contribution in [1.82, 2.24) is 19.6 Å². The molecule has 3 heterocycles. The quantitative estimate of drug-likeness (QED) is 0.791. The van der Waals surface area contributed by atoms with E-state index in [2.05, 4.69) is 20.9 Å². The summed E-state index contributed by atoms with van der Waals surface area (Å²) < 4.78 is 7.37. The zero-order valence-electron chi connectivity index (χ0n) is 14.2. The number of hydrogen-bond acceptors (Lipinski definition) is 4. The minimum atomic E-state index is 0.164. The van der Waals surface area contributed by atoms with Gasteiger partial charge in [-0.2, -0.15) is 0 Å². The summed E-state index contributed by atoms with van der Waals surface area (Å²) >= 11 is 5.75. The topological polar surface area (TPSA) is 64.2 Å². The van der Waals surface area contributed by atoms with Gasteiger partial charge in [-0.05, 0) is 31.6 Å². The van der Waals surface area contributed by atoms with E-state index < -0.39 is 0 Å². The molecule has 0 bridgehead atoms. The number of rotatable bonds is 6. The van der Waals surface area contributed by atoms with Gasteiger partial charge in [0.05, 0.1) is 0 Å². The van der Waals surface area contributed by atoms with Crippen LogP contribution in [0, 0.1) is 5.92 Å². The SMILES string of the molecule is O=C(CCc1cc(Cl)no1)N1CCCC(c2nccn2CC2CC2)C1. The van der Waals surface area contributed by atoms with Crippen molar-refractivity contribution in [2.24, 2.45) is 5.92 Å². The number of aryl methyl sites for hydroxylation is 1. The molecule has 1 amide bonds. The van der Waals surface area contributed by atoms with Crippen molar-refractivity contribution >= 4 is 17.5 Å². The van der Waals surface area contributed by atoms with Gasteiger partial charge in [0.1, 0.15) is 11.6 Å². The van der Waals surface area contributed by atoms with Crippen molar-refractivity contribution < 1.29 is 9.32 Å². The molecular formula is C18H23ClN4O2. The molecule has 0 N–H and O–H groups in total. The van der Waals surface area contributed by atoms with Crippen LogP contribution in [0.1, 0.15) is 49.6 Å². The second-order valence-corrected chi connectivity index (χ2v) is 7.56. The monoisotopic (exact) mass is 362 g/mol. The van der Waals surface area contributed by atoms with Crippen molar-refractivity contribution in [3.63, 3.8) is 0 Å². The Balaban J connectivity index is 1.35. The second kappa shape index (κ2) is 7.20. The van der Waals surface area contributed by atoms with Crippen LogP contribution in [0.2, 0.25) is 5.15 Å². The van der Waals surface area contributed by atoms with Crippen LogP contribution in [0.15, 0.2) is 23.0 Å². The summed E-state index contributed by atoms with van der Waals surface area (Å²) in [5.41, 5.74) is 0. The molecule has 1 aliphatic heterocycles. The minimum Gasteiger partial charge on any atom is -0.360 e. The molecule has 2 fully saturated rings. The van der Waals surface area contributed by atoms with E-state index in [1.807, 2.05) is 11.1 Å². The van der Waals surface area contributed by atoms with Gasteiger partial charge in [0.15, 0.2) is 5.15 Å². The van der Waals surface area contributed by atoms with E-state index in [-0.39, 0.29) is 5.91 Å². The number of likely N-dealkylation sites (tertiary alicyclic amines) is 1. The maximum absolute atomic E-state index is 12.6. The van der Waals surface area contributed by atoms with Gasteiger partial charge in [-0.15, -0.1) is 0 Å². The highest BCUT2D eigenvalue weighted by atomic mass is 35.5. The molecule has 0 spiro atoms. The number of imidazole rings is 1. The molecule has 2 aromatic rings. The number of carbonyl (C=O) groups is 1. The number of hydrogen-bond donors (Lipinski definition) is 0. The largest absolute Gasteiger partial charge is 0.360 e. The third kappa shape index (κ3) is 4.06. The van der Waals surface area contributed by atoms with Crippen LogP contribution in [0.3, 0.4) is 0 Å². The molecule has 134 valence electrons. The van der Waals surface area contributed by atoms with Crippen molar-refractivity contribution in [3.05, 3.63) is 35.2 Å². The number of carbonyl (C=O) groups excluding carboxylic acids is 1. The van der Waals surface area contributed by atoms with Gasteiger partial charge in [-0.25, -0.2) is 4.98 Å². The van der Waals surface area contributed by atoms with Crippen LogP contribution in [-0.4, -0.2) is 38.6 Å². The van der Waals surface area contributed by atoms with E-state index in [4.69, 9.17) is 16.1 Å². The summed E-state index contributed by atoms with van der Waals surface area (Å²) in [6.45, 7) is 2.67. The molecule has 7 heteroatoms. The number of amides is 1. The van der Waals surface area contributed by atoms with Gasteiger partial charge in [-0.3, -0.25) is 4.79 Å². The van der Waals surface area contributed by atoms with Gasteiger partial charge in [-0.1, -0.05) is 16.8 Å². The fourth-order valence-electron chi connectivity index (χ4n) is 3.62. The molecule has 4 rings (SSSR count). The fourth-order valence-corrected chi connectivity index (χ4v) is 3.78. The Kier molecular flexibility index (Phi) is 4.79. The van der Waals surface area contributed by atoms with Crippen LogP contribution in [-0.2, 0) is 17.8 Å². The lowest BCUT2D eigenvalue weighted by Gasteiger charge is -2.32. The summed E-state index contributed by atoms with van der Waals surface area (Å²) in [5, 5.41) is 3.98. The van der Waals surface area contributed by atoms with Crippen molar-refractivity contribution in [2.75, 3.05) is 13.1 Å². The van der Waals surface area contributed by atoms with Crippen molar-refractivity contribution in [3.8, 4) is 0 Å². The number of aromatic nitrogens is 3. The van der Waals surface area contributed by atoms with E-state index in [0.717, 1.165) is 44.2 Å². The Morgan fingerprint density at radius 2 is 2.24 bits per heavy atom.